The molecule has 1 heterocycles. The average Bonchev–Trinajstić information content (AvgIpc) is 2.65. The van der Waals surface area contributed by atoms with Gasteiger partial charge in [0.1, 0.15) is 0 Å². The first-order valence-corrected chi connectivity index (χ1v) is 9.01. The molecule has 0 saturated carbocycles. The Morgan fingerprint density at radius 3 is 2.25 bits per heavy atom. The van der Waals surface area contributed by atoms with Crippen molar-refractivity contribution in [3.8, 4) is 0 Å². The van der Waals surface area contributed by atoms with Crippen LogP contribution in [0.4, 0.5) is 17.2 Å². The molecule has 0 unspecified atom stereocenters. The summed E-state index contributed by atoms with van der Waals surface area (Å²) >= 11 is 6.29. The molecular formula is C21H19ClN4O2. The maximum atomic E-state index is 12.3. The number of carbonyl (C=O) groups is 2. The summed E-state index contributed by atoms with van der Waals surface area (Å²) in [5.74, 6) is 0.0612. The number of nitrogens with one attached hydrogen (secondary N) is 2. The molecule has 6 nitrogen and oxygen atoms in total. The van der Waals surface area contributed by atoms with Crippen molar-refractivity contribution in [3.63, 3.8) is 0 Å². The molecule has 2 N–H and O–H groups in total. The van der Waals surface area contributed by atoms with Crippen molar-refractivity contribution in [2.45, 2.75) is 20.8 Å². The van der Waals surface area contributed by atoms with E-state index in [1.165, 1.54) is 6.92 Å². The van der Waals surface area contributed by atoms with Crippen LogP contribution in [0.15, 0.2) is 48.5 Å². The van der Waals surface area contributed by atoms with Crippen molar-refractivity contribution < 1.29 is 9.59 Å². The van der Waals surface area contributed by atoms with Gasteiger partial charge in [-0.3, -0.25) is 9.59 Å². The van der Waals surface area contributed by atoms with Crippen molar-refractivity contribution in [2.24, 2.45) is 0 Å². The van der Waals surface area contributed by atoms with Gasteiger partial charge in [0, 0.05) is 11.3 Å². The SMILES string of the molecule is CC(=O)c1ccc(NC(=O)c2ccc(Nc3c(C)cc(C)cc3Cl)nn2)cc1. The van der Waals surface area contributed by atoms with E-state index in [0.29, 0.717) is 22.1 Å². The molecule has 0 aliphatic rings. The highest BCUT2D eigenvalue weighted by atomic mass is 35.5. The van der Waals surface area contributed by atoms with Gasteiger partial charge in [-0.25, -0.2) is 0 Å². The summed E-state index contributed by atoms with van der Waals surface area (Å²) in [4.78, 5) is 23.6. The monoisotopic (exact) mass is 394 g/mol. The Morgan fingerprint density at radius 1 is 0.964 bits per heavy atom. The molecule has 3 rings (SSSR count). The first-order valence-electron chi connectivity index (χ1n) is 8.63. The van der Waals surface area contributed by atoms with Crippen LogP contribution < -0.4 is 10.6 Å². The van der Waals surface area contributed by atoms with E-state index in [4.69, 9.17) is 11.6 Å². The molecular weight excluding hydrogens is 376 g/mol. The largest absolute Gasteiger partial charge is 0.337 e. The number of benzene rings is 2. The quantitative estimate of drug-likeness (QED) is 0.598. The van der Waals surface area contributed by atoms with Gasteiger partial charge in [0.15, 0.2) is 17.3 Å². The minimum absolute atomic E-state index is 0.0317. The van der Waals surface area contributed by atoms with Crippen molar-refractivity contribution >= 4 is 40.5 Å². The maximum Gasteiger partial charge on any atom is 0.276 e. The lowest BCUT2D eigenvalue weighted by molar-refractivity contribution is 0.101. The number of rotatable bonds is 5. The van der Waals surface area contributed by atoms with E-state index in [0.717, 1.165) is 16.8 Å². The van der Waals surface area contributed by atoms with Crippen LogP contribution in [0.5, 0.6) is 0 Å². The van der Waals surface area contributed by atoms with Crippen molar-refractivity contribution in [1.29, 1.82) is 0 Å². The van der Waals surface area contributed by atoms with Crippen LogP contribution in [0.1, 0.15) is 38.9 Å². The van der Waals surface area contributed by atoms with Crippen LogP contribution in [0.2, 0.25) is 5.02 Å². The Hall–Kier alpha value is -3.25. The molecule has 0 radical (unpaired) electrons. The van der Waals surface area contributed by atoms with E-state index in [1.54, 1.807) is 36.4 Å². The number of halogens is 1. The lowest BCUT2D eigenvalue weighted by Gasteiger charge is -2.12. The maximum absolute atomic E-state index is 12.3. The molecule has 0 spiro atoms. The number of ketones is 1. The van der Waals surface area contributed by atoms with Crippen molar-refractivity contribution in [1.82, 2.24) is 10.2 Å². The average molecular weight is 395 g/mol. The van der Waals surface area contributed by atoms with Gasteiger partial charge in [0.25, 0.3) is 5.91 Å². The molecule has 0 fully saturated rings. The fraction of sp³-hybridized carbons (Fsp3) is 0.143. The topological polar surface area (TPSA) is 84.0 Å². The number of nitrogens with zero attached hydrogens (tertiary/aromatic N) is 2. The Kier molecular flexibility index (Phi) is 5.70. The molecule has 0 atom stereocenters. The van der Waals surface area contributed by atoms with Gasteiger partial charge < -0.3 is 10.6 Å². The predicted molar refractivity (Wildman–Crippen MR) is 111 cm³/mol. The van der Waals surface area contributed by atoms with Crippen LogP contribution in [0.25, 0.3) is 0 Å². The summed E-state index contributed by atoms with van der Waals surface area (Å²) in [7, 11) is 0. The highest BCUT2D eigenvalue weighted by Gasteiger charge is 2.11. The van der Waals surface area contributed by atoms with Gasteiger partial charge in [0.05, 0.1) is 10.7 Å². The van der Waals surface area contributed by atoms with Crippen LogP contribution in [0, 0.1) is 13.8 Å². The fourth-order valence-corrected chi connectivity index (χ4v) is 3.07. The molecule has 3 aromatic rings. The highest BCUT2D eigenvalue weighted by molar-refractivity contribution is 6.33. The fourth-order valence-electron chi connectivity index (χ4n) is 2.71. The Balaban J connectivity index is 1.70. The molecule has 28 heavy (non-hydrogen) atoms. The molecule has 7 heteroatoms. The van der Waals surface area contributed by atoms with Crippen molar-refractivity contribution in [3.05, 3.63) is 75.9 Å². The minimum Gasteiger partial charge on any atom is -0.337 e. The third-order valence-electron chi connectivity index (χ3n) is 4.13. The summed E-state index contributed by atoms with van der Waals surface area (Å²) in [5.41, 5.74) is 4.14. The third kappa shape index (κ3) is 4.53. The van der Waals surface area contributed by atoms with E-state index >= 15 is 0 Å². The van der Waals surface area contributed by atoms with Gasteiger partial charge in [-0.15, -0.1) is 10.2 Å². The number of hydrogen-bond acceptors (Lipinski definition) is 5. The first kappa shape index (κ1) is 19.5. The minimum atomic E-state index is -0.390. The van der Waals surface area contributed by atoms with Crippen molar-refractivity contribution in [2.75, 3.05) is 10.6 Å². The molecule has 0 bridgehead atoms. The molecule has 1 aromatic heterocycles. The Labute approximate surface area is 168 Å². The standard InChI is InChI=1S/C21H19ClN4O2/c1-12-10-13(2)20(17(22)11-12)24-19-9-8-18(25-26-19)21(28)23-16-6-4-15(5-7-16)14(3)27/h4-11H,1-3H3,(H,23,28)(H,24,26). The summed E-state index contributed by atoms with van der Waals surface area (Å²) in [5, 5.41) is 14.5. The Morgan fingerprint density at radius 2 is 1.68 bits per heavy atom. The van der Waals surface area contributed by atoms with Crippen LogP contribution in [-0.4, -0.2) is 21.9 Å². The van der Waals surface area contributed by atoms with Crippen LogP contribution in [-0.2, 0) is 0 Å². The molecule has 142 valence electrons. The van der Waals surface area contributed by atoms with Gasteiger partial charge in [-0.05, 0) is 74.4 Å². The smallest absolute Gasteiger partial charge is 0.276 e. The molecule has 2 aromatic carbocycles. The summed E-state index contributed by atoms with van der Waals surface area (Å²) < 4.78 is 0. The second-order valence-electron chi connectivity index (χ2n) is 6.46. The van der Waals surface area contributed by atoms with Gasteiger partial charge in [0.2, 0.25) is 0 Å². The second-order valence-corrected chi connectivity index (χ2v) is 6.86. The van der Waals surface area contributed by atoms with E-state index in [-0.39, 0.29) is 17.4 Å². The number of anilines is 3. The van der Waals surface area contributed by atoms with E-state index in [2.05, 4.69) is 20.8 Å². The van der Waals surface area contributed by atoms with Gasteiger partial charge in [-0.2, -0.15) is 0 Å². The second kappa shape index (κ2) is 8.19. The van der Waals surface area contributed by atoms with Crippen LogP contribution in [0.3, 0.4) is 0 Å². The van der Waals surface area contributed by atoms with Gasteiger partial charge in [-0.1, -0.05) is 17.7 Å². The van der Waals surface area contributed by atoms with Crippen LogP contribution >= 0.6 is 11.6 Å². The van der Waals surface area contributed by atoms with E-state index in [9.17, 15) is 9.59 Å². The number of carbonyl (C=O) groups excluding carboxylic acids is 2. The van der Waals surface area contributed by atoms with E-state index in [1.807, 2.05) is 26.0 Å². The Bertz CT molecular complexity index is 1010. The highest BCUT2D eigenvalue weighted by Crippen LogP contribution is 2.29. The lowest BCUT2D eigenvalue weighted by atomic mass is 10.1. The number of hydrogen-bond donors (Lipinski definition) is 2. The normalized spacial score (nSPS) is 10.4. The zero-order valence-corrected chi connectivity index (χ0v) is 16.5. The van der Waals surface area contributed by atoms with E-state index < -0.39 is 0 Å². The van der Waals surface area contributed by atoms with Gasteiger partial charge >= 0.3 is 0 Å². The lowest BCUT2D eigenvalue weighted by Crippen LogP contribution is -2.14. The molecule has 0 aliphatic carbocycles. The first-order chi connectivity index (χ1) is 13.3. The number of amides is 1. The number of aromatic nitrogens is 2. The summed E-state index contributed by atoms with van der Waals surface area (Å²) in [6.07, 6.45) is 0. The zero-order valence-electron chi connectivity index (χ0n) is 15.7. The molecule has 0 saturated heterocycles. The number of aryl methyl sites for hydroxylation is 2. The summed E-state index contributed by atoms with van der Waals surface area (Å²) in [6.45, 7) is 5.42. The number of Topliss-reactive ketones (excluding diaryl/α,β-unsaturated/α-hetero) is 1. The third-order valence-corrected chi connectivity index (χ3v) is 4.43. The molecule has 0 aliphatic heterocycles. The predicted octanol–water partition coefficient (Wildman–Crippen LogP) is 4.95. The molecule has 1 amide bonds. The summed E-state index contributed by atoms with van der Waals surface area (Å²) in [6, 6.07) is 13.8. The zero-order chi connectivity index (χ0) is 20.3.